The average Bonchev–Trinajstić information content (AvgIpc) is 3.23. The number of nitrogens with one attached hydrogen (secondary N) is 4. The van der Waals surface area contributed by atoms with E-state index in [-0.39, 0.29) is 17.0 Å². The molecule has 0 radical (unpaired) electrons. The number of benzene rings is 1. The fourth-order valence-electron chi connectivity index (χ4n) is 3.62. The number of aryl methyl sites for hydroxylation is 1. The van der Waals surface area contributed by atoms with Crippen LogP contribution < -0.4 is 16.4 Å². The number of H-pyrrole nitrogens is 3. The summed E-state index contributed by atoms with van der Waals surface area (Å²) in [5.41, 5.74) is 4.11. The van der Waals surface area contributed by atoms with E-state index < -0.39 is 0 Å². The summed E-state index contributed by atoms with van der Waals surface area (Å²) in [6.07, 6.45) is 5.51. The van der Waals surface area contributed by atoms with E-state index in [9.17, 15) is 9.59 Å². The van der Waals surface area contributed by atoms with Crippen LogP contribution in [-0.2, 0) is 12.2 Å². The first-order chi connectivity index (χ1) is 16.1. The van der Waals surface area contributed by atoms with Gasteiger partial charge >= 0.3 is 0 Å². The molecule has 4 N–H and O–H groups in total. The summed E-state index contributed by atoms with van der Waals surface area (Å²) >= 11 is 1.76. The van der Waals surface area contributed by atoms with Crippen molar-refractivity contribution in [3.8, 4) is 0 Å². The Balaban J connectivity index is 1.45. The normalized spacial score (nSPS) is 11.9. The molecule has 170 valence electrons. The number of pyridine rings is 1. The van der Waals surface area contributed by atoms with E-state index in [4.69, 9.17) is 0 Å². The van der Waals surface area contributed by atoms with Crippen LogP contribution in [0.3, 0.4) is 0 Å². The predicted octanol–water partition coefficient (Wildman–Crippen LogP) is 3.21. The molecule has 1 aromatic carbocycles. The maximum Gasteiger partial charge on any atom is 0.256 e. The third-order valence-electron chi connectivity index (χ3n) is 5.40. The first-order valence-corrected chi connectivity index (χ1v) is 11.9. The topological polar surface area (TPSA) is 119 Å². The first-order valence-electron chi connectivity index (χ1n) is 10.7. The van der Waals surface area contributed by atoms with Crippen molar-refractivity contribution in [1.82, 2.24) is 24.9 Å². The van der Waals surface area contributed by atoms with Gasteiger partial charge in [0.15, 0.2) is 0 Å². The van der Waals surface area contributed by atoms with Crippen molar-refractivity contribution in [1.29, 1.82) is 0 Å². The van der Waals surface area contributed by atoms with Crippen LogP contribution in [0.5, 0.6) is 0 Å². The third kappa shape index (κ3) is 6.01. The van der Waals surface area contributed by atoms with Crippen LogP contribution in [0.25, 0.3) is 0 Å². The number of thioether (sulfide) groups is 1. The molecule has 0 aliphatic heterocycles. The predicted molar refractivity (Wildman–Crippen MR) is 132 cm³/mol. The molecule has 0 aliphatic rings. The maximum atomic E-state index is 13.0. The molecule has 1 unspecified atom stereocenters. The standard InChI is InChI=1S/C24H26N6O2S/c1-16-21(29-15-28-16)14-33-10-9-26-24-27-13-20(23(32)30-24)19(11-17-5-3-2-4-6-17)18-7-8-25-22(31)12-18/h2-8,12-13,15,19H,9-11,14H2,1H3,(H,25,31)(H,28,29)(H2,26,27,30,32). The lowest BCUT2D eigenvalue weighted by Crippen LogP contribution is -2.22. The van der Waals surface area contributed by atoms with Crippen LogP contribution in [-0.4, -0.2) is 37.2 Å². The molecular weight excluding hydrogens is 436 g/mol. The van der Waals surface area contributed by atoms with Crippen LogP contribution in [0, 0.1) is 6.92 Å². The smallest absolute Gasteiger partial charge is 0.256 e. The number of aromatic nitrogens is 5. The second kappa shape index (κ2) is 10.8. The zero-order chi connectivity index (χ0) is 23.0. The molecule has 33 heavy (non-hydrogen) atoms. The minimum absolute atomic E-state index is 0.198. The Labute approximate surface area is 195 Å². The average molecular weight is 463 g/mol. The van der Waals surface area contributed by atoms with E-state index in [1.165, 1.54) is 6.07 Å². The van der Waals surface area contributed by atoms with Crippen LogP contribution >= 0.6 is 11.8 Å². The molecule has 8 nitrogen and oxygen atoms in total. The minimum atomic E-state index is -0.285. The van der Waals surface area contributed by atoms with Crippen molar-refractivity contribution >= 4 is 17.7 Å². The fraction of sp³-hybridized carbons (Fsp3) is 0.250. The third-order valence-corrected chi connectivity index (χ3v) is 6.37. The van der Waals surface area contributed by atoms with Crippen molar-refractivity contribution < 1.29 is 0 Å². The number of aromatic amines is 3. The lowest BCUT2D eigenvalue weighted by molar-refractivity contribution is 0.778. The van der Waals surface area contributed by atoms with Crippen LogP contribution in [0.4, 0.5) is 5.95 Å². The van der Waals surface area contributed by atoms with Crippen molar-refractivity contribution in [3.05, 3.63) is 110 Å². The Hall–Kier alpha value is -3.59. The fourth-order valence-corrected chi connectivity index (χ4v) is 4.50. The minimum Gasteiger partial charge on any atom is -0.355 e. The van der Waals surface area contributed by atoms with Gasteiger partial charge in [-0.05, 0) is 30.5 Å². The number of hydrogen-bond donors (Lipinski definition) is 4. The molecule has 1 atom stereocenters. The van der Waals surface area contributed by atoms with Gasteiger partial charge in [0, 0.05) is 53.7 Å². The lowest BCUT2D eigenvalue weighted by Gasteiger charge is -2.17. The summed E-state index contributed by atoms with van der Waals surface area (Å²) < 4.78 is 0. The molecule has 4 rings (SSSR count). The van der Waals surface area contributed by atoms with Crippen LogP contribution in [0.15, 0.2) is 70.8 Å². The second-order valence-electron chi connectivity index (χ2n) is 7.70. The quantitative estimate of drug-likeness (QED) is 0.269. The molecule has 9 heteroatoms. The Morgan fingerprint density at radius 1 is 1.09 bits per heavy atom. The summed E-state index contributed by atoms with van der Waals surface area (Å²) in [6.45, 7) is 2.67. The highest BCUT2D eigenvalue weighted by molar-refractivity contribution is 7.98. The highest BCUT2D eigenvalue weighted by Gasteiger charge is 2.19. The van der Waals surface area contributed by atoms with Crippen molar-refractivity contribution in [2.75, 3.05) is 17.6 Å². The zero-order valence-electron chi connectivity index (χ0n) is 18.3. The van der Waals surface area contributed by atoms with E-state index in [1.807, 2.05) is 43.3 Å². The summed E-state index contributed by atoms with van der Waals surface area (Å²) in [6, 6.07) is 13.3. The molecule has 3 heterocycles. The molecule has 4 aromatic rings. The van der Waals surface area contributed by atoms with E-state index >= 15 is 0 Å². The Kier molecular flexibility index (Phi) is 7.41. The van der Waals surface area contributed by atoms with Gasteiger partial charge in [-0.25, -0.2) is 9.97 Å². The van der Waals surface area contributed by atoms with Crippen LogP contribution in [0.1, 0.15) is 34.0 Å². The number of imidazole rings is 1. The highest BCUT2D eigenvalue weighted by atomic mass is 32.2. The number of anilines is 1. The molecule has 0 bridgehead atoms. The van der Waals surface area contributed by atoms with Gasteiger partial charge in [-0.1, -0.05) is 30.3 Å². The molecule has 3 aromatic heterocycles. The molecule has 0 amide bonds. The first kappa shape index (κ1) is 22.6. The molecule has 0 saturated heterocycles. The Morgan fingerprint density at radius 2 is 1.94 bits per heavy atom. The van der Waals surface area contributed by atoms with Gasteiger partial charge in [0.2, 0.25) is 11.5 Å². The second-order valence-corrected chi connectivity index (χ2v) is 8.80. The van der Waals surface area contributed by atoms with Gasteiger partial charge in [0.1, 0.15) is 0 Å². The number of rotatable bonds is 10. The SMILES string of the molecule is Cc1[nH]cnc1CSCCNc1ncc(C(Cc2ccccc2)c2cc[nH]c(=O)c2)c(=O)[nH]1. The van der Waals surface area contributed by atoms with Gasteiger partial charge in [0.25, 0.3) is 5.56 Å². The molecule has 0 spiro atoms. The monoisotopic (exact) mass is 462 g/mol. The van der Waals surface area contributed by atoms with E-state index in [2.05, 4.69) is 30.2 Å². The Morgan fingerprint density at radius 3 is 2.67 bits per heavy atom. The van der Waals surface area contributed by atoms with Gasteiger partial charge in [0.05, 0.1) is 12.0 Å². The summed E-state index contributed by atoms with van der Waals surface area (Å²) in [5.74, 6) is 1.83. The molecule has 0 saturated carbocycles. The van der Waals surface area contributed by atoms with Crippen molar-refractivity contribution in [2.24, 2.45) is 0 Å². The number of nitrogens with zero attached hydrogens (tertiary/aromatic N) is 2. The number of hydrogen-bond acceptors (Lipinski definition) is 6. The maximum absolute atomic E-state index is 13.0. The van der Waals surface area contributed by atoms with Gasteiger partial charge in [-0.15, -0.1) is 0 Å². The lowest BCUT2D eigenvalue weighted by atomic mass is 9.88. The van der Waals surface area contributed by atoms with Gasteiger partial charge < -0.3 is 15.3 Å². The van der Waals surface area contributed by atoms with E-state index in [1.54, 1.807) is 30.5 Å². The largest absolute Gasteiger partial charge is 0.355 e. The summed E-state index contributed by atoms with van der Waals surface area (Å²) in [5, 5.41) is 3.17. The van der Waals surface area contributed by atoms with Crippen LogP contribution in [0.2, 0.25) is 0 Å². The van der Waals surface area contributed by atoms with Crippen molar-refractivity contribution in [2.45, 2.75) is 25.0 Å². The summed E-state index contributed by atoms with van der Waals surface area (Å²) in [4.78, 5) is 42.2. The van der Waals surface area contributed by atoms with Gasteiger partial charge in [-0.2, -0.15) is 11.8 Å². The Bertz CT molecular complexity index is 1300. The van der Waals surface area contributed by atoms with Crippen molar-refractivity contribution in [3.63, 3.8) is 0 Å². The molecule has 0 aliphatic carbocycles. The summed E-state index contributed by atoms with van der Waals surface area (Å²) in [7, 11) is 0. The zero-order valence-corrected chi connectivity index (χ0v) is 19.1. The highest BCUT2D eigenvalue weighted by Crippen LogP contribution is 2.25. The van der Waals surface area contributed by atoms with E-state index in [0.29, 0.717) is 24.5 Å². The van der Waals surface area contributed by atoms with E-state index in [0.717, 1.165) is 34.0 Å². The molecular formula is C24H26N6O2S. The van der Waals surface area contributed by atoms with Gasteiger partial charge in [-0.3, -0.25) is 14.6 Å². The molecule has 0 fully saturated rings.